The highest BCUT2D eigenvalue weighted by Gasteiger charge is 2.34. The molecule has 1 N–H and O–H groups in total. The van der Waals surface area contributed by atoms with Crippen molar-refractivity contribution in [3.63, 3.8) is 0 Å². The Balaban J connectivity index is 1.53. The molecule has 8 nitrogen and oxygen atoms in total. The van der Waals surface area contributed by atoms with Gasteiger partial charge < -0.3 is 9.64 Å². The minimum atomic E-state index is -4.42. The number of methoxy groups -OCH3 is 1. The minimum Gasteiger partial charge on any atom is -0.493 e. The molecule has 0 saturated carbocycles. The number of aromatic nitrogens is 6. The lowest BCUT2D eigenvalue weighted by molar-refractivity contribution is -0.127. The summed E-state index contributed by atoms with van der Waals surface area (Å²) in [7, 11) is 1.48. The van der Waals surface area contributed by atoms with Crippen LogP contribution in [0.25, 0.3) is 27.6 Å². The molecule has 5 heterocycles. The first-order valence-corrected chi connectivity index (χ1v) is 12.8. The van der Waals surface area contributed by atoms with Crippen molar-refractivity contribution < 1.29 is 17.9 Å². The van der Waals surface area contributed by atoms with Gasteiger partial charge in [0.15, 0.2) is 11.4 Å². The quantitative estimate of drug-likeness (QED) is 0.359. The number of aryl methyl sites for hydroxylation is 1. The van der Waals surface area contributed by atoms with E-state index in [1.807, 2.05) is 6.92 Å². The maximum atomic E-state index is 13.7. The lowest BCUT2D eigenvalue weighted by atomic mass is 9.94. The van der Waals surface area contributed by atoms with Crippen LogP contribution in [0, 0.1) is 6.92 Å². The third-order valence-electron chi connectivity index (χ3n) is 6.62. The lowest BCUT2D eigenvalue weighted by Gasteiger charge is -2.31. The van der Waals surface area contributed by atoms with Gasteiger partial charge in [-0.3, -0.25) is 5.10 Å². The Hall–Kier alpha value is -2.99. The number of halogens is 3. The zero-order valence-electron chi connectivity index (χ0n) is 20.4. The molecule has 4 aromatic heterocycles. The summed E-state index contributed by atoms with van der Waals surface area (Å²) in [5, 5.41) is 11.8. The highest BCUT2D eigenvalue weighted by molar-refractivity contribution is 7.15. The monoisotopic (exact) mass is 519 g/mol. The molecule has 0 radical (unpaired) electrons. The number of pyridine rings is 1. The van der Waals surface area contributed by atoms with E-state index in [1.165, 1.54) is 29.3 Å². The van der Waals surface area contributed by atoms with Gasteiger partial charge in [0.25, 0.3) is 0 Å². The minimum absolute atomic E-state index is 0.0575. The van der Waals surface area contributed by atoms with Crippen LogP contribution < -0.4 is 4.74 Å². The average molecular weight is 520 g/mol. The second-order valence-corrected chi connectivity index (χ2v) is 10.2. The number of aromatic amines is 1. The van der Waals surface area contributed by atoms with Crippen molar-refractivity contribution in [3.8, 4) is 27.7 Å². The van der Waals surface area contributed by atoms with Crippen molar-refractivity contribution in [2.24, 2.45) is 0 Å². The number of ether oxygens (including phenoxy) is 1. The summed E-state index contributed by atoms with van der Waals surface area (Å²) in [4.78, 5) is 12.5. The number of nitrogens with one attached hydrogen (secondary N) is 1. The molecule has 0 bridgehead atoms. The first kappa shape index (κ1) is 24.7. The van der Waals surface area contributed by atoms with Gasteiger partial charge in [0.2, 0.25) is 0 Å². The van der Waals surface area contributed by atoms with Gasteiger partial charge in [-0.15, -0.1) is 11.3 Å². The number of hydrogen-bond acceptors (Lipinski definition) is 7. The fraction of sp³-hybridized carbons (Fsp3) is 0.500. The molecule has 5 rings (SSSR count). The Kier molecular flexibility index (Phi) is 6.73. The maximum Gasteiger partial charge on any atom is 0.393 e. The number of thiazole rings is 1. The smallest absolute Gasteiger partial charge is 0.393 e. The Morgan fingerprint density at radius 2 is 2.03 bits per heavy atom. The first-order chi connectivity index (χ1) is 17.3. The summed E-state index contributed by atoms with van der Waals surface area (Å²) in [5.74, 6) is 0.770. The topological polar surface area (TPSA) is 84.2 Å². The number of nitrogens with zero attached hydrogens (tertiary/aromatic N) is 6. The van der Waals surface area contributed by atoms with E-state index in [9.17, 15) is 13.2 Å². The fourth-order valence-electron chi connectivity index (χ4n) is 4.96. The molecular formula is C24H28F3N7OS. The standard InChI is InChI=1S/C24H28F3N7OS/c1-4-7-33-8-5-15(6-9-33)21-14(2)30-23(36-21)20-17(11-24(25,26)27)19(31-32-20)16-10-18(35-3)22-28-13-29-34(22)12-16/h10,12-13,15H,4-9,11H2,1-3H3,(H,31,32). The number of piperidine rings is 1. The highest BCUT2D eigenvalue weighted by atomic mass is 32.1. The Labute approximate surface area is 210 Å². The van der Waals surface area contributed by atoms with Crippen molar-refractivity contribution in [2.45, 2.75) is 51.6 Å². The summed E-state index contributed by atoms with van der Waals surface area (Å²) < 4.78 is 48.0. The van der Waals surface area contributed by atoms with Crippen LogP contribution in [0.2, 0.25) is 0 Å². The molecule has 0 aliphatic carbocycles. The number of fused-ring (bicyclic) bond motifs is 1. The predicted octanol–water partition coefficient (Wildman–Crippen LogP) is 5.25. The lowest BCUT2D eigenvalue weighted by Crippen LogP contribution is -2.33. The third kappa shape index (κ3) is 4.83. The molecule has 36 heavy (non-hydrogen) atoms. The van der Waals surface area contributed by atoms with Gasteiger partial charge in [-0.25, -0.2) is 14.5 Å². The Morgan fingerprint density at radius 3 is 2.72 bits per heavy atom. The summed E-state index contributed by atoms with van der Waals surface area (Å²) in [6.07, 6.45) is 0.612. The van der Waals surface area contributed by atoms with Gasteiger partial charge in [-0.1, -0.05) is 6.92 Å². The molecule has 12 heteroatoms. The average Bonchev–Trinajstić information content (AvgIpc) is 3.56. The molecule has 1 saturated heterocycles. The number of likely N-dealkylation sites (tertiary alicyclic amines) is 1. The molecule has 0 atom stereocenters. The van der Waals surface area contributed by atoms with Gasteiger partial charge in [-0.2, -0.15) is 23.4 Å². The fourth-order valence-corrected chi connectivity index (χ4v) is 6.22. The van der Waals surface area contributed by atoms with E-state index in [-0.39, 0.29) is 11.3 Å². The van der Waals surface area contributed by atoms with Crippen molar-refractivity contribution in [3.05, 3.63) is 34.7 Å². The number of hydrogen-bond donors (Lipinski definition) is 1. The normalized spacial score (nSPS) is 15.7. The second-order valence-electron chi connectivity index (χ2n) is 9.13. The number of rotatable bonds is 7. The maximum absolute atomic E-state index is 13.7. The van der Waals surface area contributed by atoms with Crippen molar-refractivity contribution in [1.29, 1.82) is 0 Å². The molecule has 1 aliphatic rings. The van der Waals surface area contributed by atoms with Crippen LogP contribution in [0.4, 0.5) is 13.2 Å². The summed E-state index contributed by atoms with van der Waals surface area (Å²) in [6.45, 7) is 7.29. The van der Waals surface area contributed by atoms with E-state index in [2.05, 4.69) is 32.1 Å². The van der Waals surface area contributed by atoms with Crippen LogP contribution >= 0.6 is 11.3 Å². The first-order valence-electron chi connectivity index (χ1n) is 12.0. The molecule has 0 amide bonds. The molecule has 0 spiro atoms. The van der Waals surface area contributed by atoms with E-state index < -0.39 is 12.6 Å². The van der Waals surface area contributed by atoms with Crippen LogP contribution in [-0.2, 0) is 6.42 Å². The van der Waals surface area contributed by atoms with Gasteiger partial charge in [0.1, 0.15) is 11.3 Å². The zero-order chi connectivity index (χ0) is 25.4. The van der Waals surface area contributed by atoms with Gasteiger partial charge in [-0.05, 0) is 57.8 Å². The van der Waals surface area contributed by atoms with E-state index in [1.54, 1.807) is 12.3 Å². The molecular weight excluding hydrogens is 491 g/mol. The summed E-state index contributed by atoms with van der Waals surface area (Å²) in [6, 6.07) is 1.63. The Bertz CT molecular complexity index is 1350. The predicted molar refractivity (Wildman–Crippen MR) is 131 cm³/mol. The summed E-state index contributed by atoms with van der Waals surface area (Å²) >= 11 is 1.47. The van der Waals surface area contributed by atoms with Gasteiger partial charge >= 0.3 is 6.18 Å². The van der Waals surface area contributed by atoms with Crippen LogP contribution in [-0.4, -0.2) is 67.6 Å². The van der Waals surface area contributed by atoms with Crippen LogP contribution in [0.1, 0.15) is 48.2 Å². The van der Waals surface area contributed by atoms with E-state index in [0.29, 0.717) is 33.6 Å². The van der Waals surface area contributed by atoms with E-state index in [4.69, 9.17) is 9.72 Å². The van der Waals surface area contributed by atoms with Crippen LogP contribution in [0.5, 0.6) is 5.75 Å². The van der Waals surface area contributed by atoms with Crippen molar-refractivity contribution in [1.82, 2.24) is 34.7 Å². The number of H-pyrrole nitrogens is 1. The molecule has 0 unspecified atom stereocenters. The van der Waals surface area contributed by atoms with Crippen LogP contribution in [0.15, 0.2) is 18.6 Å². The van der Waals surface area contributed by atoms with Gasteiger partial charge in [0, 0.05) is 22.2 Å². The zero-order valence-corrected chi connectivity index (χ0v) is 21.2. The van der Waals surface area contributed by atoms with Crippen molar-refractivity contribution in [2.75, 3.05) is 26.7 Å². The third-order valence-corrected chi connectivity index (χ3v) is 7.96. The highest BCUT2D eigenvalue weighted by Crippen LogP contribution is 2.41. The largest absolute Gasteiger partial charge is 0.493 e. The molecule has 1 fully saturated rings. The molecule has 192 valence electrons. The van der Waals surface area contributed by atoms with Crippen molar-refractivity contribution >= 4 is 17.0 Å². The van der Waals surface area contributed by atoms with Crippen LogP contribution in [0.3, 0.4) is 0 Å². The SMILES string of the molecule is CCCN1CCC(c2sc(-c3[nH]nc(-c4cc(OC)c5ncnn5c4)c3CC(F)(F)F)nc2C)CC1. The molecule has 0 aromatic carbocycles. The van der Waals surface area contributed by atoms with E-state index >= 15 is 0 Å². The second kappa shape index (κ2) is 9.81. The molecule has 1 aliphatic heterocycles. The van der Waals surface area contributed by atoms with E-state index in [0.717, 1.165) is 49.5 Å². The number of alkyl halides is 3. The molecule has 4 aromatic rings. The van der Waals surface area contributed by atoms with Gasteiger partial charge in [0.05, 0.1) is 30.6 Å². The Morgan fingerprint density at radius 1 is 1.25 bits per heavy atom. The summed E-state index contributed by atoms with van der Waals surface area (Å²) in [5.41, 5.74) is 2.36.